The zero-order chi connectivity index (χ0) is 17.4. The van der Waals surface area contributed by atoms with Crippen molar-refractivity contribution >= 4 is 22.4 Å². The SMILES string of the molecule is C=C(C)c1cnc2cc(F)c(C(=O)O)cc2c1-c1ccc(F)cc1. The number of benzene rings is 2. The van der Waals surface area contributed by atoms with Crippen molar-refractivity contribution in [3.8, 4) is 11.1 Å². The van der Waals surface area contributed by atoms with Gasteiger partial charge in [-0.15, -0.1) is 0 Å². The van der Waals surface area contributed by atoms with Gasteiger partial charge in [0.1, 0.15) is 11.6 Å². The molecule has 3 aromatic rings. The molecule has 0 radical (unpaired) electrons. The van der Waals surface area contributed by atoms with Crippen LogP contribution in [0.25, 0.3) is 27.6 Å². The molecule has 0 spiro atoms. The maximum atomic E-state index is 13.9. The van der Waals surface area contributed by atoms with Gasteiger partial charge in [-0.3, -0.25) is 4.98 Å². The summed E-state index contributed by atoms with van der Waals surface area (Å²) in [5.41, 5.74) is 2.61. The number of hydrogen-bond donors (Lipinski definition) is 1. The zero-order valence-corrected chi connectivity index (χ0v) is 12.8. The van der Waals surface area contributed by atoms with Crippen molar-refractivity contribution in [2.75, 3.05) is 0 Å². The standard InChI is InChI=1S/C19H13F2NO2/c1-10(2)15-9-22-17-8-16(21)13(19(23)24)7-14(17)18(15)11-3-5-12(20)6-4-11/h3-9H,1H2,2H3,(H,23,24). The Morgan fingerprint density at radius 2 is 1.79 bits per heavy atom. The van der Waals surface area contributed by atoms with Gasteiger partial charge < -0.3 is 5.11 Å². The summed E-state index contributed by atoms with van der Waals surface area (Å²) in [6, 6.07) is 8.14. The van der Waals surface area contributed by atoms with Crippen LogP contribution in [0, 0.1) is 11.6 Å². The summed E-state index contributed by atoms with van der Waals surface area (Å²) in [5, 5.41) is 9.65. The highest BCUT2D eigenvalue weighted by atomic mass is 19.1. The Hall–Kier alpha value is -3.08. The van der Waals surface area contributed by atoms with E-state index in [0.717, 1.165) is 6.07 Å². The molecular formula is C19H13F2NO2. The highest BCUT2D eigenvalue weighted by molar-refractivity contribution is 6.03. The number of halogens is 2. The third-order valence-electron chi connectivity index (χ3n) is 3.78. The zero-order valence-electron chi connectivity index (χ0n) is 12.8. The van der Waals surface area contributed by atoms with Crippen molar-refractivity contribution in [2.45, 2.75) is 6.92 Å². The number of allylic oxidation sites excluding steroid dienone is 1. The fourth-order valence-corrected chi connectivity index (χ4v) is 2.63. The predicted molar refractivity (Wildman–Crippen MR) is 88.8 cm³/mol. The van der Waals surface area contributed by atoms with Crippen molar-refractivity contribution in [2.24, 2.45) is 0 Å². The lowest BCUT2D eigenvalue weighted by Crippen LogP contribution is -2.02. The minimum Gasteiger partial charge on any atom is -0.478 e. The first-order valence-electron chi connectivity index (χ1n) is 7.16. The molecule has 2 aromatic carbocycles. The lowest BCUT2D eigenvalue weighted by atomic mass is 9.92. The van der Waals surface area contributed by atoms with Gasteiger partial charge in [0.2, 0.25) is 0 Å². The van der Waals surface area contributed by atoms with Crippen LogP contribution in [0.3, 0.4) is 0 Å². The highest BCUT2D eigenvalue weighted by Gasteiger charge is 2.17. The van der Waals surface area contributed by atoms with Gasteiger partial charge in [0.05, 0.1) is 11.1 Å². The number of carbonyl (C=O) groups is 1. The van der Waals surface area contributed by atoms with Crippen LogP contribution in [0.4, 0.5) is 8.78 Å². The molecule has 0 fully saturated rings. The van der Waals surface area contributed by atoms with E-state index in [2.05, 4.69) is 11.6 Å². The molecule has 1 N–H and O–H groups in total. The minimum absolute atomic E-state index is 0.321. The van der Waals surface area contributed by atoms with Gasteiger partial charge in [-0.1, -0.05) is 18.7 Å². The van der Waals surface area contributed by atoms with Crippen molar-refractivity contribution in [3.05, 3.63) is 71.9 Å². The summed E-state index contributed by atoms with van der Waals surface area (Å²) < 4.78 is 27.2. The number of rotatable bonds is 3. The molecule has 0 aliphatic rings. The fourth-order valence-electron chi connectivity index (χ4n) is 2.63. The van der Waals surface area contributed by atoms with Crippen LogP contribution in [0.1, 0.15) is 22.8 Å². The molecule has 3 nitrogen and oxygen atoms in total. The molecular weight excluding hydrogens is 312 g/mol. The van der Waals surface area contributed by atoms with Crippen molar-refractivity contribution in [1.29, 1.82) is 0 Å². The monoisotopic (exact) mass is 325 g/mol. The van der Waals surface area contributed by atoms with Gasteiger partial charge in [0, 0.05) is 28.8 Å². The normalized spacial score (nSPS) is 10.8. The van der Waals surface area contributed by atoms with E-state index in [1.54, 1.807) is 25.3 Å². The lowest BCUT2D eigenvalue weighted by molar-refractivity contribution is 0.0692. The summed E-state index contributed by atoms with van der Waals surface area (Å²) in [4.78, 5) is 15.4. The van der Waals surface area contributed by atoms with Gasteiger partial charge in [-0.2, -0.15) is 0 Å². The molecule has 5 heteroatoms. The number of hydrogen-bond acceptors (Lipinski definition) is 2. The third kappa shape index (κ3) is 2.65. The van der Waals surface area contributed by atoms with Crippen molar-refractivity contribution in [3.63, 3.8) is 0 Å². The number of pyridine rings is 1. The number of aromatic carboxylic acids is 1. The van der Waals surface area contributed by atoms with Gasteiger partial charge in [-0.05, 0) is 36.3 Å². The van der Waals surface area contributed by atoms with Gasteiger partial charge in [0.25, 0.3) is 0 Å². The Morgan fingerprint density at radius 3 is 2.38 bits per heavy atom. The molecule has 0 amide bonds. The van der Waals surface area contributed by atoms with E-state index in [1.807, 2.05) is 0 Å². The Labute approximate surface area is 136 Å². The van der Waals surface area contributed by atoms with Crippen LogP contribution in [0.5, 0.6) is 0 Å². The van der Waals surface area contributed by atoms with Crippen LogP contribution >= 0.6 is 0 Å². The largest absolute Gasteiger partial charge is 0.478 e. The van der Waals surface area contributed by atoms with Crippen LogP contribution in [0.15, 0.2) is 49.2 Å². The summed E-state index contributed by atoms with van der Waals surface area (Å²) >= 11 is 0. The molecule has 0 bridgehead atoms. The molecule has 120 valence electrons. The Morgan fingerprint density at radius 1 is 1.12 bits per heavy atom. The van der Waals surface area contributed by atoms with E-state index >= 15 is 0 Å². The van der Waals surface area contributed by atoms with Crippen molar-refractivity contribution in [1.82, 2.24) is 4.98 Å². The summed E-state index contributed by atoms with van der Waals surface area (Å²) in [6.07, 6.45) is 1.56. The molecule has 1 aromatic heterocycles. The molecule has 0 saturated heterocycles. The molecule has 0 atom stereocenters. The second-order valence-corrected chi connectivity index (χ2v) is 5.49. The quantitative estimate of drug-likeness (QED) is 0.744. The topological polar surface area (TPSA) is 50.2 Å². The molecule has 1 heterocycles. The summed E-state index contributed by atoms with van der Waals surface area (Å²) in [5.74, 6) is -2.60. The third-order valence-corrected chi connectivity index (χ3v) is 3.78. The second kappa shape index (κ2) is 5.85. The first-order valence-corrected chi connectivity index (χ1v) is 7.16. The van der Waals surface area contributed by atoms with E-state index in [9.17, 15) is 18.7 Å². The Kier molecular flexibility index (Phi) is 3.85. The molecule has 0 saturated carbocycles. The summed E-state index contributed by atoms with van der Waals surface area (Å²) in [6.45, 7) is 5.70. The fraction of sp³-hybridized carbons (Fsp3) is 0.0526. The molecule has 24 heavy (non-hydrogen) atoms. The second-order valence-electron chi connectivity index (χ2n) is 5.49. The maximum Gasteiger partial charge on any atom is 0.338 e. The van der Waals surface area contributed by atoms with E-state index in [4.69, 9.17) is 0 Å². The van der Waals surface area contributed by atoms with Crippen LogP contribution in [-0.4, -0.2) is 16.1 Å². The van der Waals surface area contributed by atoms with Gasteiger partial charge in [0.15, 0.2) is 0 Å². The van der Waals surface area contributed by atoms with E-state index in [0.29, 0.717) is 33.2 Å². The van der Waals surface area contributed by atoms with Crippen LogP contribution in [0.2, 0.25) is 0 Å². The molecule has 0 aliphatic carbocycles. The van der Waals surface area contributed by atoms with Crippen molar-refractivity contribution < 1.29 is 18.7 Å². The number of nitrogens with zero attached hydrogens (tertiary/aromatic N) is 1. The van der Waals surface area contributed by atoms with E-state index in [-0.39, 0.29) is 5.82 Å². The van der Waals surface area contributed by atoms with Crippen LogP contribution in [-0.2, 0) is 0 Å². The minimum atomic E-state index is -1.36. The van der Waals surface area contributed by atoms with Crippen LogP contribution < -0.4 is 0 Å². The number of carboxylic acid groups (broad SMARTS) is 1. The summed E-state index contributed by atoms with van der Waals surface area (Å²) in [7, 11) is 0. The Balaban J connectivity index is 2.43. The number of carboxylic acids is 1. The highest BCUT2D eigenvalue weighted by Crippen LogP contribution is 2.35. The molecule has 0 aliphatic heterocycles. The Bertz CT molecular complexity index is 979. The van der Waals surface area contributed by atoms with E-state index < -0.39 is 17.3 Å². The van der Waals surface area contributed by atoms with E-state index in [1.165, 1.54) is 18.2 Å². The lowest BCUT2D eigenvalue weighted by Gasteiger charge is -2.14. The van der Waals surface area contributed by atoms with Gasteiger partial charge in [-0.25, -0.2) is 13.6 Å². The predicted octanol–water partition coefficient (Wildman–Crippen LogP) is 4.91. The smallest absolute Gasteiger partial charge is 0.338 e. The first-order chi connectivity index (χ1) is 11.4. The molecule has 0 unspecified atom stereocenters. The first kappa shape index (κ1) is 15.8. The average molecular weight is 325 g/mol. The maximum absolute atomic E-state index is 13.9. The number of aromatic nitrogens is 1. The number of fused-ring (bicyclic) bond motifs is 1. The average Bonchev–Trinajstić information content (AvgIpc) is 2.53. The van der Waals surface area contributed by atoms with Gasteiger partial charge >= 0.3 is 5.97 Å². The molecule has 3 rings (SSSR count).